The molecule has 1 aliphatic carbocycles. The first-order chi connectivity index (χ1) is 11.5. The van der Waals surface area contributed by atoms with Crippen LogP contribution in [0.5, 0.6) is 0 Å². The fraction of sp³-hybridized carbons (Fsp3) is 0.500. The first-order valence-corrected chi connectivity index (χ1v) is 9.83. The van der Waals surface area contributed by atoms with Gasteiger partial charge >= 0.3 is 0 Å². The minimum Gasteiger partial charge on any atom is -0.334 e. The summed E-state index contributed by atoms with van der Waals surface area (Å²) in [6.45, 7) is 5.27. The molecule has 0 unspecified atom stereocenters. The van der Waals surface area contributed by atoms with Crippen molar-refractivity contribution in [1.82, 2.24) is 14.9 Å². The van der Waals surface area contributed by atoms with Crippen molar-refractivity contribution in [3.05, 3.63) is 29.0 Å². The smallest absolute Gasteiger partial charge is 0.258 e. The van der Waals surface area contributed by atoms with E-state index in [0.29, 0.717) is 11.4 Å². The van der Waals surface area contributed by atoms with Crippen LogP contribution in [0.3, 0.4) is 0 Å². The lowest BCUT2D eigenvalue weighted by atomic mass is 9.77. The molecule has 0 bridgehead atoms. The molecule has 1 fully saturated rings. The lowest BCUT2D eigenvalue weighted by molar-refractivity contribution is 0.229. The van der Waals surface area contributed by atoms with E-state index < -0.39 is 21.1 Å². The molecule has 25 heavy (non-hydrogen) atoms. The van der Waals surface area contributed by atoms with Gasteiger partial charge in [-0.05, 0) is 58.2 Å². The Hall–Kier alpha value is -1.48. The van der Waals surface area contributed by atoms with Crippen LogP contribution >= 0.6 is 11.6 Å². The second-order valence-electron chi connectivity index (χ2n) is 7.43. The summed E-state index contributed by atoms with van der Waals surface area (Å²) in [5.74, 6) is 0.663. The van der Waals surface area contributed by atoms with Crippen LogP contribution in [0.1, 0.15) is 45.9 Å². The van der Waals surface area contributed by atoms with Crippen LogP contribution in [0.15, 0.2) is 27.6 Å². The minimum atomic E-state index is -3.79. The summed E-state index contributed by atoms with van der Waals surface area (Å²) < 4.78 is 33.0. The molecule has 3 rings (SSSR count). The first-order valence-electron chi connectivity index (χ1n) is 7.97. The Balaban J connectivity index is 1.97. The lowest BCUT2D eigenvalue weighted by Crippen LogP contribution is -2.44. The number of nitrogens with zero attached hydrogens (tertiary/aromatic N) is 2. The van der Waals surface area contributed by atoms with Crippen LogP contribution in [-0.4, -0.2) is 24.1 Å². The van der Waals surface area contributed by atoms with Crippen LogP contribution in [0.25, 0.3) is 11.5 Å². The minimum absolute atomic E-state index is 0.0348. The Morgan fingerprint density at radius 2 is 2.00 bits per heavy atom. The zero-order valence-corrected chi connectivity index (χ0v) is 15.9. The predicted molar refractivity (Wildman–Crippen MR) is 94.5 cm³/mol. The van der Waals surface area contributed by atoms with Crippen LogP contribution in [0, 0.1) is 0 Å². The number of nitrogens with one attached hydrogen (secondary N) is 1. The van der Waals surface area contributed by atoms with Gasteiger partial charge in [0.1, 0.15) is 4.90 Å². The summed E-state index contributed by atoms with van der Waals surface area (Å²) >= 11 is 6.10. The largest absolute Gasteiger partial charge is 0.334 e. The molecule has 9 heteroatoms. The van der Waals surface area contributed by atoms with E-state index >= 15 is 0 Å². The SMILES string of the molecule is CC(C)(C)NS(=O)(=O)c1cc(-c2nc(C3(N)CCC3)no2)ccc1Cl. The molecule has 0 spiro atoms. The van der Waals surface area contributed by atoms with E-state index in [1.165, 1.54) is 12.1 Å². The fourth-order valence-electron chi connectivity index (χ4n) is 2.62. The fourth-order valence-corrected chi connectivity index (χ4v) is 4.57. The van der Waals surface area contributed by atoms with Crippen molar-refractivity contribution < 1.29 is 12.9 Å². The number of halogens is 1. The Labute approximate surface area is 152 Å². The van der Waals surface area contributed by atoms with Crippen molar-refractivity contribution in [3.63, 3.8) is 0 Å². The molecule has 0 atom stereocenters. The second kappa shape index (κ2) is 6.05. The molecule has 1 heterocycles. The van der Waals surface area contributed by atoms with E-state index in [9.17, 15) is 8.42 Å². The Morgan fingerprint density at radius 1 is 1.32 bits per heavy atom. The van der Waals surface area contributed by atoms with Crippen molar-refractivity contribution in [1.29, 1.82) is 0 Å². The van der Waals surface area contributed by atoms with Crippen LogP contribution < -0.4 is 10.5 Å². The average Bonchev–Trinajstić information content (AvgIpc) is 2.92. The zero-order valence-electron chi connectivity index (χ0n) is 14.3. The van der Waals surface area contributed by atoms with Gasteiger partial charge in [0.15, 0.2) is 5.82 Å². The maximum absolute atomic E-state index is 12.6. The zero-order chi connectivity index (χ0) is 18.5. The molecular formula is C16H21ClN4O3S. The van der Waals surface area contributed by atoms with E-state index in [-0.39, 0.29) is 15.8 Å². The normalized spacial score (nSPS) is 17.3. The quantitative estimate of drug-likeness (QED) is 0.838. The Morgan fingerprint density at radius 3 is 2.56 bits per heavy atom. The number of nitrogens with two attached hydrogens (primary N) is 1. The van der Waals surface area contributed by atoms with E-state index in [1.54, 1.807) is 26.8 Å². The summed E-state index contributed by atoms with van der Waals surface area (Å²) in [6.07, 6.45) is 2.64. The molecule has 1 aromatic heterocycles. The molecule has 1 aliphatic rings. The highest BCUT2D eigenvalue weighted by atomic mass is 35.5. The van der Waals surface area contributed by atoms with Crippen molar-refractivity contribution in [2.75, 3.05) is 0 Å². The van der Waals surface area contributed by atoms with Gasteiger partial charge in [-0.15, -0.1) is 0 Å². The summed E-state index contributed by atoms with van der Waals surface area (Å²) in [5.41, 5.74) is 5.49. The molecule has 2 aromatic rings. The van der Waals surface area contributed by atoms with Gasteiger partial charge in [0.25, 0.3) is 5.89 Å². The molecule has 0 aliphatic heterocycles. The molecular weight excluding hydrogens is 364 g/mol. The van der Waals surface area contributed by atoms with Crippen LogP contribution in [0.4, 0.5) is 0 Å². The predicted octanol–water partition coefficient (Wildman–Crippen LogP) is 2.80. The van der Waals surface area contributed by atoms with Crippen molar-refractivity contribution >= 4 is 21.6 Å². The molecule has 0 radical (unpaired) electrons. The highest BCUT2D eigenvalue weighted by molar-refractivity contribution is 7.89. The second-order valence-corrected chi connectivity index (χ2v) is 9.49. The van der Waals surface area contributed by atoms with Gasteiger partial charge in [-0.2, -0.15) is 4.98 Å². The van der Waals surface area contributed by atoms with Crippen LogP contribution in [-0.2, 0) is 15.6 Å². The van der Waals surface area contributed by atoms with Crippen molar-refractivity contribution in [3.8, 4) is 11.5 Å². The van der Waals surface area contributed by atoms with Gasteiger partial charge in [0.2, 0.25) is 10.0 Å². The van der Waals surface area contributed by atoms with Crippen LogP contribution in [0.2, 0.25) is 5.02 Å². The highest BCUT2D eigenvalue weighted by Gasteiger charge is 2.39. The number of hydrogen-bond acceptors (Lipinski definition) is 6. The summed E-state index contributed by atoms with van der Waals surface area (Å²) in [7, 11) is -3.79. The van der Waals surface area contributed by atoms with Gasteiger partial charge in [-0.25, -0.2) is 13.1 Å². The highest BCUT2D eigenvalue weighted by Crippen LogP contribution is 2.38. The topological polar surface area (TPSA) is 111 Å². The number of benzene rings is 1. The molecule has 3 N–H and O–H groups in total. The molecule has 7 nitrogen and oxygen atoms in total. The van der Waals surface area contributed by atoms with E-state index in [1.807, 2.05) is 0 Å². The van der Waals surface area contributed by atoms with Gasteiger partial charge in [0.05, 0.1) is 10.6 Å². The third-order valence-electron chi connectivity index (χ3n) is 4.03. The molecule has 1 aromatic carbocycles. The standard InChI is InChI=1S/C16H21ClN4O3S/c1-15(2,3)21-25(22,23)12-9-10(5-6-11(12)17)13-19-14(20-24-13)16(18)7-4-8-16/h5-6,9,21H,4,7-8,18H2,1-3H3. The third-order valence-corrected chi connectivity index (χ3v) is 6.26. The number of rotatable bonds is 4. The van der Waals surface area contributed by atoms with Gasteiger partial charge in [-0.1, -0.05) is 16.8 Å². The van der Waals surface area contributed by atoms with E-state index in [0.717, 1.165) is 19.3 Å². The van der Waals surface area contributed by atoms with Crippen molar-refractivity contribution in [2.45, 2.75) is 56.0 Å². The molecule has 0 amide bonds. The number of hydrogen-bond donors (Lipinski definition) is 2. The van der Waals surface area contributed by atoms with Gasteiger partial charge in [-0.3, -0.25) is 0 Å². The maximum atomic E-state index is 12.6. The number of aromatic nitrogens is 2. The summed E-state index contributed by atoms with van der Waals surface area (Å²) in [6, 6.07) is 4.57. The monoisotopic (exact) mass is 384 g/mol. The van der Waals surface area contributed by atoms with Gasteiger partial charge < -0.3 is 10.3 Å². The summed E-state index contributed by atoms with van der Waals surface area (Å²) in [4.78, 5) is 4.31. The number of sulfonamides is 1. The Bertz CT molecular complexity index is 898. The third kappa shape index (κ3) is 3.72. The van der Waals surface area contributed by atoms with E-state index in [4.69, 9.17) is 21.9 Å². The molecule has 136 valence electrons. The first kappa shape index (κ1) is 18.3. The molecule has 0 saturated heterocycles. The molecule has 1 saturated carbocycles. The average molecular weight is 385 g/mol. The maximum Gasteiger partial charge on any atom is 0.258 e. The lowest BCUT2D eigenvalue weighted by Gasteiger charge is -2.34. The van der Waals surface area contributed by atoms with Gasteiger partial charge in [0, 0.05) is 11.1 Å². The Kier molecular flexibility index (Phi) is 4.43. The van der Waals surface area contributed by atoms with Crippen molar-refractivity contribution in [2.24, 2.45) is 5.73 Å². The van der Waals surface area contributed by atoms with E-state index in [2.05, 4.69) is 14.9 Å². The summed E-state index contributed by atoms with van der Waals surface area (Å²) in [5, 5.41) is 4.07.